The van der Waals surface area contributed by atoms with Gasteiger partial charge in [0.05, 0.1) is 0 Å². The number of β-amino-alcohol motifs (C(OH)–C–C–N with tert-alkyl or cyclic N) is 1. The molecule has 1 N–H and O–H groups in total. The van der Waals surface area contributed by atoms with Gasteiger partial charge in [-0.15, -0.1) is 24.8 Å². The molecule has 1 aromatic heterocycles. The summed E-state index contributed by atoms with van der Waals surface area (Å²) in [5.41, 5.74) is 2.33. The number of aliphatic hydroxyl groups is 1. The summed E-state index contributed by atoms with van der Waals surface area (Å²) in [6, 6.07) is 12.1. The number of halogens is 2. The van der Waals surface area contributed by atoms with Crippen LogP contribution in [0, 0.1) is 13.8 Å². The quantitative estimate of drug-likeness (QED) is 0.787. The highest BCUT2D eigenvalue weighted by atomic mass is 35.5. The Balaban J connectivity index is 0.00000182. The predicted octanol–water partition coefficient (Wildman–Crippen LogP) is 3.10. The number of nitrogens with zero attached hydrogens (tertiary/aromatic N) is 3. The van der Waals surface area contributed by atoms with Gasteiger partial charge in [0.2, 0.25) is 0 Å². The van der Waals surface area contributed by atoms with Gasteiger partial charge in [-0.2, -0.15) is 0 Å². The summed E-state index contributed by atoms with van der Waals surface area (Å²) in [6.45, 7) is 8.78. The topological polar surface area (TPSA) is 48.8 Å². The molecule has 2 heterocycles. The van der Waals surface area contributed by atoms with Crippen molar-refractivity contribution < 1.29 is 9.84 Å². The largest absolute Gasteiger partial charge is 0.491 e. The van der Waals surface area contributed by atoms with Gasteiger partial charge in [-0.3, -0.25) is 4.90 Å². The lowest BCUT2D eigenvalue weighted by Gasteiger charge is -2.36. The Hall–Kier alpha value is -1.53. The molecule has 7 heteroatoms. The monoisotopic (exact) mass is 413 g/mol. The van der Waals surface area contributed by atoms with E-state index in [0.29, 0.717) is 13.2 Å². The van der Waals surface area contributed by atoms with Crippen LogP contribution >= 0.6 is 24.8 Å². The molecule has 0 saturated carbocycles. The lowest BCUT2D eigenvalue weighted by molar-refractivity contribution is 0.0660. The second-order valence-corrected chi connectivity index (χ2v) is 6.71. The molecule has 0 radical (unpaired) electrons. The number of rotatable bonds is 6. The first-order valence-corrected chi connectivity index (χ1v) is 8.88. The van der Waals surface area contributed by atoms with Gasteiger partial charge in [-0.25, -0.2) is 4.98 Å². The molecule has 1 aliphatic rings. The average molecular weight is 414 g/mol. The average Bonchev–Trinajstić information content (AvgIpc) is 2.62. The summed E-state index contributed by atoms with van der Waals surface area (Å²) >= 11 is 0. The molecule has 0 aliphatic carbocycles. The predicted molar refractivity (Wildman–Crippen MR) is 115 cm³/mol. The van der Waals surface area contributed by atoms with E-state index < -0.39 is 6.10 Å². The third-order valence-corrected chi connectivity index (χ3v) is 4.58. The van der Waals surface area contributed by atoms with Crippen LogP contribution in [0.5, 0.6) is 5.75 Å². The molecule has 0 spiro atoms. The summed E-state index contributed by atoms with van der Waals surface area (Å²) in [7, 11) is 0. The van der Waals surface area contributed by atoms with Crippen molar-refractivity contribution in [1.82, 2.24) is 9.88 Å². The minimum Gasteiger partial charge on any atom is -0.491 e. The van der Waals surface area contributed by atoms with Crippen LogP contribution in [0.3, 0.4) is 0 Å². The second-order valence-electron chi connectivity index (χ2n) is 6.71. The number of aryl methyl sites for hydroxylation is 2. The Morgan fingerprint density at radius 2 is 1.81 bits per heavy atom. The van der Waals surface area contributed by atoms with Gasteiger partial charge < -0.3 is 14.7 Å². The third kappa shape index (κ3) is 6.85. The van der Waals surface area contributed by atoms with Crippen molar-refractivity contribution in [1.29, 1.82) is 0 Å². The molecule has 1 aliphatic heterocycles. The SMILES string of the molecule is Cc1ccc(OCC(O)CN2CCN(c3ccccn3)CC2)c(C)c1.Cl.Cl. The maximum absolute atomic E-state index is 10.3. The number of piperazine rings is 1. The van der Waals surface area contributed by atoms with Gasteiger partial charge in [-0.1, -0.05) is 23.8 Å². The Labute approximate surface area is 174 Å². The normalized spacial score (nSPS) is 15.4. The molecular formula is C20H29Cl2N3O2. The maximum atomic E-state index is 10.3. The fourth-order valence-electron chi connectivity index (χ4n) is 3.20. The highest BCUT2D eigenvalue weighted by molar-refractivity contribution is 5.85. The highest BCUT2D eigenvalue weighted by Gasteiger charge is 2.20. The molecule has 1 saturated heterocycles. The van der Waals surface area contributed by atoms with Crippen molar-refractivity contribution in [3.05, 3.63) is 53.7 Å². The maximum Gasteiger partial charge on any atom is 0.128 e. The number of hydrogen-bond donors (Lipinski definition) is 1. The Morgan fingerprint density at radius 1 is 1.07 bits per heavy atom. The van der Waals surface area contributed by atoms with E-state index in [-0.39, 0.29) is 24.8 Å². The number of anilines is 1. The van der Waals surface area contributed by atoms with Crippen LogP contribution in [-0.4, -0.2) is 60.4 Å². The summed E-state index contributed by atoms with van der Waals surface area (Å²) < 4.78 is 5.79. The first kappa shape index (κ1) is 23.5. The molecular weight excluding hydrogens is 385 g/mol. The van der Waals surface area contributed by atoms with E-state index in [1.807, 2.05) is 43.5 Å². The van der Waals surface area contributed by atoms with E-state index >= 15 is 0 Å². The fraction of sp³-hybridized carbons (Fsp3) is 0.450. The minimum atomic E-state index is -0.484. The van der Waals surface area contributed by atoms with Gasteiger partial charge in [0, 0.05) is 38.9 Å². The molecule has 150 valence electrons. The number of ether oxygens (including phenoxy) is 1. The van der Waals surface area contributed by atoms with Crippen molar-refractivity contribution in [3.63, 3.8) is 0 Å². The van der Waals surface area contributed by atoms with Crippen LogP contribution in [0.2, 0.25) is 0 Å². The van der Waals surface area contributed by atoms with E-state index in [1.54, 1.807) is 0 Å². The van der Waals surface area contributed by atoms with Crippen molar-refractivity contribution in [2.75, 3.05) is 44.2 Å². The van der Waals surface area contributed by atoms with Crippen LogP contribution in [0.15, 0.2) is 42.6 Å². The summed E-state index contributed by atoms with van der Waals surface area (Å²) in [6.07, 6.45) is 1.35. The van der Waals surface area contributed by atoms with E-state index in [1.165, 1.54) is 5.56 Å². The number of benzene rings is 1. The first-order chi connectivity index (χ1) is 12.1. The summed E-state index contributed by atoms with van der Waals surface area (Å²) in [5, 5.41) is 10.3. The highest BCUT2D eigenvalue weighted by Crippen LogP contribution is 2.19. The van der Waals surface area contributed by atoms with Gasteiger partial charge in [0.15, 0.2) is 0 Å². The molecule has 3 rings (SSSR count). The molecule has 1 atom stereocenters. The summed E-state index contributed by atoms with van der Waals surface area (Å²) in [5.74, 6) is 1.88. The van der Waals surface area contributed by atoms with Crippen LogP contribution in [0.4, 0.5) is 5.82 Å². The standard InChI is InChI=1S/C20H27N3O2.2ClH/c1-16-6-7-19(17(2)13-16)25-15-18(24)14-22-9-11-23(12-10-22)20-5-3-4-8-21-20;;/h3-8,13,18,24H,9-12,14-15H2,1-2H3;2*1H. The second kappa shape index (κ2) is 11.3. The van der Waals surface area contributed by atoms with Crippen LogP contribution in [-0.2, 0) is 0 Å². The number of aliphatic hydroxyl groups excluding tert-OH is 1. The first-order valence-electron chi connectivity index (χ1n) is 8.88. The van der Waals surface area contributed by atoms with E-state index in [9.17, 15) is 5.11 Å². The van der Waals surface area contributed by atoms with E-state index in [4.69, 9.17) is 4.74 Å². The summed E-state index contributed by atoms with van der Waals surface area (Å²) in [4.78, 5) is 8.98. The van der Waals surface area contributed by atoms with Crippen LogP contribution < -0.4 is 9.64 Å². The van der Waals surface area contributed by atoms with Gasteiger partial charge in [-0.05, 0) is 37.6 Å². The number of hydrogen-bond acceptors (Lipinski definition) is 5. The third-order valence-electron chi connectivity index (χ3n) is 4.58. The fourth-order valence-corrected chi connectivity index (χ4v) is 3.20. The van der Waals surface area contributed by atoms with Crippen molar-refractivity contribution in [3.8, 4) is 5.75 Å². The number of pyridine rings is 1. The molecule has 2 aromatic rings. The molecule has 27 heavy (non-hydrogen) atoms. The Kier molecular flexibility index (Phi) is 9.88. The van der Waals surface area contributed by atoms with Crippen molar-refractivity contribution in [2.45, 2.75) is 20.0 Å². The molecule has 1 unspecified atom stereocenters. The van der Waals surface area contributed by atoms with Gasteiger partial charge in [0.25, 0.3) is 0 Å². The van der Waals surface area contributed by atoms with Crippen LogP contribution in [0.1, 0.15) is 11.1 Å². The Bertz CT molecular complexity index is 680. The zero-order chi connectivity index (χ0) is 17.6. The van der Waals surface area contributed by atoms with Crippen molar-refractivity contribution in [2.24, 2.45) is 0 Å². The lowest BCUT2D eigenvalue weighted by Crippen LogP contribution is -2.49. The zero-order valence-electron chi connectivity index (χ0n) is 15.9. The van der Waals surface area contributed by atoms with Crippen LogP contribution in [0.25, 0.3) is 0 Å². The van der Waals surface area contributed by atoms with Gasteiger partial charge in [0.1, 0.15) is 24.3 Å². The Morgan fingerprint density at radius 3 is 2.44 bits per heavy atom. The lowest BCUT2D eigenvalue weighted by atomic mass is 10.1. The van der Waals surface area contributed by atoms with Crippen molar-refractivity contribution >= 4 is 30.6 Å². The van der Waals surface area contributed by atoms with E-state index in [2.05, 4.69) is 27.8 Å². The molecule has 0 bridgehead atoms. The molecule has 1 aromatic carbocycles. The number of aromatic nitrogens is 1. The molecule has 5 nitrogen and oxygen atoms in total. The molecule has 0 amide bonds. The minimum absolute atomic E-state index is 0. The van der Waals surface area contributed by atoms with Gasteiger partial charge >= 0.3 is 0 Å². The zero-order valence-corrected chi connectivity index (χ0v) is 17.5. The van der Waals surface area contributed by atoms with E-state index in [0.717, 1.165) is 43.3 Å². The smallest absolute Gasteiger partial charge is 0.128 e. The molecule has 1 fully saturated rings.